The van der Waals surface area contributed by atoms with E-state index in [1.165, 1.54) is 295 Å². The van der Waals surface area contributed by atoms with Crippen LogP contribution in [0.25, 0.3) is 0 Å². The third kappa shape index (κ3) is 51.3. The summed E-state index contributed by atoms with van der Waals surface area (Å²) in [4.78, 5) is 11.0. The molecule has 0 heterocycles. The van der Waals surface area contributed by atoms with Gasteiger partial charge in [-0.3, -0.25) is 4.52 Å². The van der Waals surface area contributed by atoms with E-state index in [0.29, 0.717) is 19.7 Å². The largest absolute Gasteiger partial charge is 0.405 e. The maximum Gasteiger partial charge on any atom is 0.405 e. The van der Waals surface area contributed by atoms with Crippen molar-refractivity contribution in [3.05, 3.63) is 0 Å². The molecule has 0 bridgehead atoms. The summed E-state index contributed by atoms with van der Waals surface area (Å²) in [5.41, 5.74) is 0. The fourth-order valence-electron chi connectivity index (χ4n) is 9.67. The minimum Gasteiger partial charge on any atom is -0.312 e. The minimum absolute atomic E-state index is 0.412. The lowest BCUT2D eigenvalue weighted by molar-refractivity contribution is 0.194. The second kappa shape index (κ2) is 54.7. The number of unbranched alkanes of at least 4 members (excludes halogenated alkanes) is 49. The lowest BCUT2D eigenvalue weighted by Crippen LogP contribution is -2.24. The molecular weight excluding hydrogens is 790 g/mol. The fraction of sp³-hybridized carbons (Fsp3) is 1.00. The van der Waals surface area contributed by atoms with E-state index < -0.39 is 7.75 Å². The third-order valence-corrected chi connectivity index (χ3v) is 15.8. The molecule has 0 aromatic carbocycles. The van der Waals surface area contributed by atoms with E-state index in [0.717, 1.165) is 38.5 Å². The molecule has 0 aliphatic rings. The Hall–Kier alpha value is 0.110. The van der Waals surface area contributed by atoms with Gasteiger partial charge in [-0.05, 0) is 19.3 Å². The molecule has 4 nitrogen and oxygen atoms in total. The summed E-state index contributed by atoms with van der Waals surface area (Å²) in [5, 5.41) is 0. The predicted octanol–water partition coefficient (Wildman–Crippen LogP) is 21.8. The molecule has 0 aliphatic heterocycles. The van der Waals surface area contributed by atoms with Crippen LogP contribution >= 0.6 is 7.75 Å². The molecule has 0 aliphatic carbocycles. The van der Waals surface area contributed by atoms with E-state index in [4.69, 9.17) is 4.52 Å². The molecule has 1 unspecified atom stereocenters. The Labute approximate surface area is 399 Å². The van der Waals surface area contributed by atoms with Gasteiger partial charge in [-0.1, -0.05) is 335 Å². The number of hydrogen-bond donors (Lipinski definition) is 1. The van der Waals surface area contributed by atoms with Crippen LogP contribution in [-0.2, 0) is 9.09 Å². The van der Waals surface area contributed by atoms with Crippen molar-refractivity contribution >= 4 is 7.75 Å². The van der Waals surface area contributed by atoms with Crippen LogP contribution in [-0.4, -0.2) is 29.3 Å². The summed E-state index contributed by atoms with van der Waals surface area (Å²) in [7, 11) is -3.73. The third-order valence-electron chi connectivity index (χ3n) is 14.2. The first-order valence-electron chi connectivity index (χ1n) is 29.8. The first-order valence-corrected chi connectivity index (χ1v) is 31.3. The van der Waals surface area contributed by atoms with Gasteiger partial charge in [-0.2, -0.15) is 0 Å². The van der Waals surface area contributed by atoms with Crippen molar-refractivity contribution in [3.63, 3.8) is 0 Å². The van der Waals surface area contributed by atoms with Gasteiger partial charge in [0.1, 0.15) is 0 Å². The van der Waals surface area contributed by atoms with Gasteiger partial charge in [0.05, 0.1) is 6.61 Å². The fourth-order valence-corrected chi connectivity index (χ4v) is 11.0. The number of rotatable bonds is 57. The molecule has 0 rings (SSSR count). The Balaban J connectivity index is 3.92. The van der Waals surface area contributed by atoms with Crippen LogP contribution < -0.4 is 0 Å². The molecule has 0 saturated carbocycles. The van der Waals surface area contributed by atoms with Gasteiger partial charge in [0.25, 0.3) is 0 Å². The highest BCUT2D eigenvalue weighted by Crippen LogP contribution is 2.47. The smallest absolute Gasteiger partial charge is 0.312 e. The van der Waals surface area contributed by atoms with Gasteiger partial charge in [0.2, 0.25) is 0 Å². The molecular formula is C58H120NO3P. The molecule has 380 valence electrons. The van der Waals surface area contributed by atoms with Crippen molar-refractivity contribution in [1.82, 2.24) is 4.67 Å². The molecule has 1 atom stereocenters. The van der Waals surface area contributed by atoms with Crippen molar-refractivity contribution < 1.29 is 14.0 Å². The molecule has 1 N–H and O–H groups in total. The van der Waals surface area contributed by atoms with Crippen LogP contribution in [0, 0.1) is 0 Å². The number of hydrogen-bond acceptors (Lipinski definition) is 2. The van der Waals surface area contributed by atoms with Crippen LogP contribution in [0.5, 0.6) is 0 Å². The quantitative estimate of drug-likeness (QED) is 0.0488. The summed E-state index contributed by atoms with van der Waals surface area (Å²) in [6.07, 6.45) is 70.9. The Morgan fingerprint density at radius 1 is 0.270 bits per heavy atom. The summed E-state index contributed by atoms with van der Waals surface area (Å²) in [6, 6.07) is 0. The van der Waals surface area contributed by atoms with Crippen LogP contribution in [0.15, 0.2) is 0 Å². The number of nitrogens with zero attached hydrogens (tertiary/aromatic N) is 1. The SMILES string of the molecule is CCCCCCCCCCCCCCCCCCCCCCCCCN(CCCCCCCCCCCCCCCCCCCCCCCCC)P(=O)(O)OCCCCCCCC. The summed E-state index contributed by atoms with van der Waals surface area (Å²) in [6.45, 7) is 8.65. The average Bonchev–Trinajstić information content (AvgIpc) is 3.28. The zero-order valence-corrected chi connectivity index (χ0v) is 44.9. The molecule has 0 amide bonds. The second-order valence-corrected chi connectivity index (χ2v) is 22.4. The highest BCUT2D eigenvalue weighted by atomic mass is 31.2. The van der Waals surface area contributed by atoms with Crippen molar-refractivity contribution in [3.8, 4) is 0 Å². The summed E-state index contributed by atoms with van der Waals surface area (Å²) < 4.78 is 21.0. The van der Waals surface area contributed by atoms with E-state index in [1.54, 1.807) is 0 Å². The Morgan fingerprint density at radius 2 is 0.429 bits per heavy atom. The zero-order valence-electron chi connectivity index (χ0n) is 44.0. The molecule has 0 radical (unpaired) electrons. The average molecular weight is 911 g/mol. The van der Waals surface area contributed by atoms with E-state index in [1.807, 2.05) is 4.67 Å². The van der Waals surface area contributed by atoms with Gasteiger partial charge in [-0.15, -0.1) is 0 Å². The Morgan fingerprint density at radius 3 is 0.619 bits per heavy atom. The van der Waals surface area contributed by atoms with E-state index in [-0.39, 0.29) is 0 Å². The Kier molecular flexibility index (Phi) is 54.8. The van der Waals surface area contributed by atoms with Crippen molar-refractivity contribution in [1.29, 1.82) is 0 Å². The topological polar surface area (TPSA) is 49.8 Å². The first kappa shape index (κ1) is 63.1. The molecule has 0 fully saturated rings. The lowest BCUT2D eigenvalue weighted by Gasteiger charge is -2.26. The second-order valence-electron chi connectivity index (χ2n) is 20.6. The molecule has 5 heteroatoms. The minimum atomic E-state index is -3.73. The van der Waals surface area contributed by atoms with Gasteiger partial charge >= 0.3 is 7.75 Å². The molecule has 0 saturated heterocycles. The van der Waals surface area contributed by atoms with Gasteiger partial charge in [0.15, 0.2) is 0 Å². The first-order chi connectivity index (χ1) is 31.1. The van der Waals surface area contributed by atoms with Crippen LogP contribution in [0.4, 0.5) is 0 Å². The maximum absolute atomic E-state index is 13.4. The van der Waals surface area contributed by atoms with E-state index >= 15 is 0 Å². The molecule has 0 spiro atoms. The normalized spacial score (nSPS) is 12.8. The Bertz CT molecular complexity index is 819. The van der Waals surface area contributed by atoms with Crippen molar-refractivity contribution in [2.45, 2.75) is 355 Å². The summed E-state index contributed by atoms with van der Waals surface area (Å²) >= 11 is 0. The maximum atomic E-state index is 13.4. The van der Waals surface area contributed by atoms with Crippen LogP contribution in [0.1, 0.15) is 355 Å². The predicted molar refractivity (Wildman–Crippen MR) is 284 cm³/mol. The summed E-state index contributed by atoms with van der Waals surface area (Å²) in [5.74, 6) is 0. The van der Waals surface area contributed by atoms with Gasteiger partial charge in [-0.25, -0.2) is 9.24 Å². The van der Waals surface area contributed by atoms with Gasteiger partial charge in [0, 0.05) is 13.1 Å². The highest BCUT2D eigenvalue weighted by molar-refractivity contribution is 7.50. The van der Waals surface area contributed by atoms with E-state index in [9.17, 15) is 9.46 Å². The van der Waals surface area contributed by atoms with Crippen molar-refractivity contribution in [2.24, 2.45) is 0 Å². The van der Waals surface area contributed by atoms with Crippen LogP contribution in [0.3, 0.4) is 0 Å². The monoisotopic (exact) mass is 910 g/mol. The zero-order chi connectivity index (χ0) is 45.7. The van der Waals surface area contributed by atoms with E-state index in [2.05, 4.69) is 20.8 Å². The molecule has 63 heavy (non-hydrogen) atoms. The van der Waals surface area contributed by atoms with Crippen molar-refractivity contribution in [2.75, 3.05) is 19.7 Å². The lowest BCUT2D eigenvalue weighted by atomic mass is 10.0. The van der Waals surface area contributed by atoms with Crippen LogP contribution in [0.2, 0.25) is 0 Å². The highest BCUT2D eigenvalue weighted by Gasteiger charge is 2.28. The standard InChI is InChI=1S/C58H120NO3P/c1-4-7-10-13-16-18-20-22-24-26-28-30-32-34-36-38-40-42-44-46-48-50-53-56-59(63(60,61)62-58-55-52-15-12-9-6-3)57-54-51-49-47-45-43-41-39-37-35-33-31-29-27-25-23-21-19-17-14-11-8-5-2/h4-58H2,1-3H3,(H,60,61). The molecule has 0 aromatic rings. The molecule has 0 aromatic heterocycles. The van der Waals surface area contributed by atoms with Gasteiger partial charge < -0.3 is 4.89 Å².